The second-order valence-electron chi connectivity index (χ2n) is 4.86. The summed E-state index contributed by atoms with van der Waals surface area (Å²) in [6, 6.07) is 0. The molecule has 0 amide bonds. The molecule has 1 fully saturated rings. The molecule has 1 saturated heterocycles. The van der Waals surface area contributed by atoms with E-state index in [2.05, 4.69) is 11.3 Å². The van der Waals surface area contributed by atoms with E-state index in [0.717, 1.165) is 6.42 Å². The molecule has 4 heteroatoms. The predicted molar refractivity (Wildman–Crippen MR) is 66.5 cm³/mol. The maximum absolute atomic E-state index is 11.7. The van der Waals surface area contributed by atoms with Crippen LogP contribution in [0.25, 0.3) is 0 Å². The average molecular weight is 233 g/mol. The molecule has 0 aromatic rings. The first-order valence-electron chi connectivity index (χ1n) is 4.95. The Bertz CT molecular complexity index is 217. The van der Waals surface area contributed by atoms with Gasteiger partial charge in [-0.1, -0.05) is 4.40 Å². The summed E-state index contributed by atoms with van der Waals surface area (Å²) in [6.07, 6.45) is 4.30. The van der Waals surface area contributed by atoms with E-state index in [4.69, 9.17) is 0 Å². The van der Waals surface area contributed by atoms with Crippen molar-refractivity contribution in [2.75, 3.05) is 5.75 Å². The SMILES string of the molecule is CC1(C=N[S+]([O-])C(C)(C)C)CCCS1. The van der Waals surface area contributed by atoms with Gasteiger partial charge in [0, 0.05) is 0 Å². The van der Waals surface area contributed by atoms with Crippen molar-refractivity contribution in [3.05, 3.63) is 0 Å². The summed E-state index contributed by atoms with van der Waals surface area (Å²) in [4.78, 5) is 0. The highest BCUT2D eigenvalue weighted by Crippen LogP contribution is 2.36. The van der Waals surface area contributed by atoms with Gasteiger partial charge in [0.2, 0.25) is 0 Å². The van der Waals surface area contributed by atoms with Crippen LogP contribution < -0.4 is 0 Å². The molecule has 1 aliphatic heterocycles. The van der Waals surface area contributed by atoms with E-state index in [9.17, 15) is 4.55 Å². The normalized spacial score (nSPS) is 31.2. The first-order valence-corrected chi connectivity index (χ1v) is 7.04. The maximum Gasteiger partial charge on any atom is 0.144 e. The first kappa shape index (κ1) is 12.4. The fourth-order valence-electron chi connectivity index (χ4n) is 1.22. The lowest BCUT2D eigenvalue weighted by Crippen LogP contribution is -2.27. The Hall–Kier alpha value is 0.330. The van der Waals surface area contributed by atoms with Gasteiger partial charge in [0.25, 0.3) is 0 Å². The van der Waals surface area contributed by atoms with Crippen LogP contribution in [0.3, 0.4) is 0 Å². The molecule has 2 unspecified atom stereocenters. The Morgan fingerprint density at radius 2 is 2.14 bits per heavy atom. The minimum Gasteiger partial charge on any atom is -0.591 e. The molecule has 0 bridgehead atoms. The largest absolute Gasteiger partial charge is 0.591 e. The van der Waals surface area contributed by atoms with Crippen LogP contribution in [0.4, 0.5) is 0 Å². The lowest BCUT2D eigenvalue weighted by molar-refractivity contribution is 0.561. The zero-order chi connectivity index (χ0) is 10.8. The minimum atomic E-state index is -1.10. The van der Waals surface area contributed by atoms with Crippen molar-refractivity contribution < 1.29 is 4.55 Å². The summed E-state index contributed by atoms with van der Waals surface area (Å²) in [6.45, 7) is 8.02. The van der Waals surface area contributed by atoms with Crippen molar-refractivity contribution in [3.8, 4) is 0 Å². The summed E-state index contributed by atoms with van der Waals surface area (Å²) in [5, 5.41) is 0. The summed E-state index contributed by atoms with van der Waals surface area (Å²) >= 11 is 0.810. The number of thioether (sulfide) groups is 1. The molecule has 1 rings (SSSR count). The second-order valence-corrected chi connectivity index (χ2v) is 8.42. The van der Waals surface area contributed by atoms with Gasteiger partial charge in [0.15, 0.2) is 0 Å². The molecule has 2 atom stereocenters. The highest BCUT2D eigenvalue weighted by Gasteiger charge is 2.31. The number of hydrogen-bond acceptors (Lipinski definition) is 3. The molecule has 0 saturated carbocycles. The van der Waals surface area contributed by atoms with Crippen molar-refractivity contribution >= 4 is 29.3 Å². The molecule has 2 nitrogen and oxygen atoms in total. The van der Waals surface area contributed by atoms with Crippen LogP contribution in [0.1, 0.15) is 40.5 Å². The van der Waals surface area contributed by atoms with E-state index in [1.165, 1.54) is 12.2 Å². The lowest BCUT2D eigenvalue weighted by atomic mass is 10.1. The monoisotopic (exact) mass is 233 g/mol. The van der Waals surface area contributed by atoms with Crippen molar-refractivity contribution in [3.63, 3.8) is 0 Å². The average Bonchev–Trinajstić information content (AvgIpc) is 2.47. The van der Waals surface area contributed by atoms with E-state index < -0.39 is 11.4 Å². The third-order valence-electron chi connectivity index (χ3n) is 2.19. The van der Waals surface area contributed by atoms with E-state index in [0.29, 0.717) is 0 Å². The van der Waals surface area contributed by atoms with E-state index in [1.54, 1.807) is 0 Å². The quantitative estimate of drug-likeness (QED) is 0.543. The highest BCUT2D eigenvalue weighted by molar-refractivity contribution is 8.01. The van der Waals surface area contributed by atoms with Gasteiger partial charge in [0.05, 0.1) is 11.0 Å². The molecular formula is C10H19NOS2. The zero-order valence-electron chi connectivity index (χ0n) is 9.37. The van der Waals surface area contributed by atoms with Gasteiger partial charge in [-0.15, -0.1) is 11.8 Å². The van der Waals surface area contributed by atoms with E-state index in [1.807, 2.05) is 38.7 Å². The molecule has 1 aliphatic rings. The molecule has 0 aromatic heterocycles. The summed E-state index contributed by atoms with van der Waals surface area (Å²) in [7, 11) is 0. The molecule has 0 aliphatic carbocycles. The van der Waals surface area contributed by atoms with Crippen molar-refractivity contribution in [1.29, 1.82) is 0 Å². The fourth-order valence-corrected chi connectivity index (χ4v) is 3.10. The first-order chi connectivity index (χ1) is 6.33. The Morgan fingerprint density at radius 1 is 1.50 bits per heavy atom. The van der Waals surface area contributed by atoms with Crippen LogP contribution in [0.2, 0.25) is 0 Å². The van der Waals surface area contributed by atoms with Crippen LogP contribution in [0.15, 0.2) is 4.40 Å². The Kier molecular flexibility index (Phi) is 3.95. The third kappa shape index (κ3) is 3.48. The minimum absolute atomic E-state index is 0.126. The summed E-state index contributed by atoms with van der Waals surface area (Å²) < 4.78 is 15.7. The van der Waals surface area contributed by atoms with Crippen LogP contribution in [-0.2, 0) is 11.4 Å². The summed E-state index contributed by atoms with van der Waals surface area (Å²) in [5.74, 6) is 1.20. The molecule has 82 valence electrons. The number of nitrogens with zero attached hydrogens (tertiary/aromatic N) is 1. The highest BCUT2D eigenvalue weighted by atomic mass is 32.2. The van der Waals surface area contributed by atoms with E-state index in [-0.39, 0.29) is 9.49 Å². The fraction of sp³-hybridized carbons (Fsp3) is 0.900. The predicted octanol–water partition coefficient (Wildman–Crippen LogP) is 2.81. The van der Waals surface area contributed by atoms with Crippen LogP contribution in [-0.4, -0.2) is 26.0 Å². The molecule has 1 heterocycles. The van der Waals surface area contributed by atoms with E-state index >= 15 is 0 Å². The maximum atomic E-state index is 11.7. The number of rotatable bonds is 2. The van der Waals surface area contributed by atoms with Crippen LogP contribution in [0, 0.1) is 0 Å². The van der Waals surface area contributed by atoms with Crippen molar-refractivity contribution in [2.24, 2.45) is 4.40 Å². The van der Waals surface area contributed by atoms with Gasteiger partial charge in [0.1, 0.15) is 16.1 Å². The van der Waals surface area contributed by atoms with Gasteiger partial charge >= 0.3 is 0 Å². The van der Waals surface area contributed by atoms with Gasteiger partial charge < -0.3 is 4.55 Å². The Labute approximate surface area is 94.3 Å². The van der Waals surface area contributed by atoms with Gasteiger partial charge in [-0.05, 0) is 46.3 Å². The molecule has 14 heavy (non-hydrogen) atoms. The summed E-state index contributed by atoms with van der Waals surface area (Å²) in [5.41, 5.74) is 0. The topological polar surface area (TPSA) is 35.4 Å². The molecule has 0 radical (unpaired) electrons. The molecule has 0 aromatic carbocycles. The van der Waals surface area contributed by atoms with Gasteiger partial charge in [-0.3, -0.25) is 0 Å². The van der Waals surface area contributed by atoms with Crippen LogP contribution >= 0.6 is 11.8 Å². The smallest absolute Gasteiger partial charge is 0.144 e. The third-order valence-corrected chi connectivity index (χ3v) is 5.00. The van der Waals surface area contributed by atoms with Crippen LogP contribution in [0.5, 0.6) is 0 Å². The molecular weight excluding hydrogens is 214 g/mol. The second kappa shape index (κ2) is 4.45. The van der Waals surface area contributed by atoms with Gasteiger partial charge in [-0.2, -0.15) is 0 Å². The Balaban J connectivity index is 2.54. The molecule has 0 spiro atoms. The number of hydrogen-bond donors (Lipinski definition) is 0. The lowest BCUT2D eigenvalue weighted by Gasteiger charge is -2.20. The van der Waals surface area contributed by atoms with Crippen molar-refractivity contribution in [2.45, 2.75) is 50.0 Å². The standard InChI is InChI=1S/C10H19NOS2/c1-9(2,3)14(12)11-8-10(4)6-5-7-13-10/h8H,5-7H2,1-4H3. The zero-order valence-corrected chi connectivity index (χ0v) is 11.0. The van der Waals surface area contributed by atoms with Crippen molar-refractivity contribution in [1.82, 2.24) is 0 Å². The van der Waals surface area contributed by atoms with Gasteiger partial charge in [-0.25, -0.2) is 0 Å². The molecule has 0 N–H and O–H groups in total. The Morgan fingerprint density at radius 3 is 2.57 bits per heavy atom.